The molecule has 1 heterocycles. The van der Waals surface area contributed by atoms with Crippen LogP contribution in [0.5, 0.6) is 5.75 Å². The summed E-state index contributed by atoms with van der Waals surface area (Å²) in [6, 6.07) is 14.9. The number of benzene rings is 2. The zero-order valence-electron chi connectivity index (χ0n) is 15.6. The zero-order valence-corrected chi connectivity index (χ0v) is 15.6. The summed E-state index contributed by atoms with van der Waals surface area (Å²) >= 11 is 0. The maximum absolute atomic E-state index is 12.4. The van der Waals surface area contributed by atoms with E-state index in [1.807, 2.05) is 37.3 Å². The third-order valence-corrected chi connectivity index (χ3v) is 4.32. The standard InChI is InChI=1S/C21H23N3O3/c1-3-27-16-10-8-15(9-11-16)14-24(2)20(25)13-12-19-22-18-7-5-4-6-17(18)21(26)23-19/h4-11H,3,12-14H2,1-2H3,(H,22,23,26). The lowest BCUT2D eigenvalue weighted by atomic mass is 10.2. The van der Waals surface area contributed by atoms with E-state index < -0.39 is 0 Å². The van der Waals surface area contributed by atoms with E-state index in [1.54, 1.807) is 30.1 Å². The topological polar surface area (TPSA) is 75.3 Å². The molecule has 6 heteroatoms. The van der Waals surface area contributed by atoms with Crippen molar-refractivity contribution in [1.29, 1.82) is 0 Å². The van der Waals surface area contributed by atoms with E-state index >= 15 is 0 Å². The Bertz CT molecular complexity index is 980. The molecular weight excluding hydrogens is 342 g/mol. The summed E-state index contributed by atoms with van der Waals surface area (Å²) in [5, 5.41) is 0.556. The van der Waals surface area contributed by atoms with Gasteiger partial charge in [-0.15, -0.1) is 0 Å². The molecule has 0 saturated carbocycles. The predicted molar refractivity (Wildman–Crippen MR) is 105 cm³/mol. The Balaban J connectivity index is 1.59. The van der Waals surface area contributed by atoms with Gasteiger partial charge in [0.05, 0.1) is 17.5 Å². The minimum Gasteiger partial charge on any atom is -0.494 e. The van der Waals surface area contributed by atoms with Gasteiger partial charge in [0.1, 0.15) is 11.6 Å². The molecule has 0 atom stereocenters. The lowest BCUT2D eigenvalue weighted by molar-refractivity contribution is -0.130. The van der Waals surface area contributed by atoms with Gasteiger partial charge in [-0.3, -0.25) is 9.59 Å². The Labute approximate surface area is 157 Å². The molecule has 3 rings (SSSR count). The highest BCUT2D eigenvalue weighted by molar-refractivity contribution is 5.78. The first kappa shape index (κ1) is 18.6. The smallest absolute Gasteiger partial charge is 0.258 e. The van der Waals surface area contributed by atoms with Crippen molar-refractivity contribution in [3.8, 4) is 5.75 Å². The van der Waals surface area contributed by atoms with Crippen molar-refractivity contribution in [3.05, 3.63) is 70.3 Å². The Kier molecular flexibility index (Phi) is 5.86. The molecule has 0 spiro atoms. The van der Waals surface area contributed by atoms with Gasteiger partial charge in [-0.05, 0) is 36.8 Å². The van der Waals surface area contributed by atoms with Crippen LogP contribution in [0.1, 0.15) is 24.7 Å². The third-order valence-electron chi connectivity index (χ3n) is 4.32. The minimum atomic E-state index is -0.175. The van der Waals surface area contributed by atoms with Crippen LogP contribution in [0.15, 0.2) is 53.3 Å². The first-order chi connectivity index (χ1) is 13.1. The van der Waals surface area contributed by atoms with E-state index in [1.165, 1.54) is 0 Å². The molecule has 3 aromatic rings. The first-order valence-electron chi connectivity index (χ1n) is 9.00. The first-order valence-corrected chi connectivity index (χ1v) is 9.00. The summed E-state index contributed by atoms with van der Waals surface area (Å²) < 4.78 is 5.42. The van der Waals surface area contributed by atoms with Crippen LogP contribution in [0.2, 0.25) is 0 Å². The quantitative estimate of drug-likeness (QED) is 0.698. The molecule has 0 unspecified atom stereocenters. The number of para-hydroxylation sites is 1. The van der Waals surface area contributed by atoms with Crippen molar-refractivity contribution in [3.63, 3.8) is 0 Å². The summed E-state index contributed by atoms with van der Waals surface area (Å²) in [6.07, 6.45) is 0.682. The van der Waals surface area contributed by atoms with Gasteiger partial charge in [-0.25, -0.2) is 4.98 Å². The number of hydrogen-bond acceptors (Lipinski definition) is 4. The second-order valence-electron chi connectivity index (χ2n) is 6.36. The number of H-pyrrole nitrogens is 1. The van der Waals surface area contributed by atoms with Crippen molar-refractivity contribution in [2.75, 3.05) is 13.7 Å². The summed E-state index contributed by atoms with van der Waals surface area (Å²) in [5.74, 6) is 1.35. The Morgan fingerprint density at radius 2 is 1.89 bits per heavy atom. The molecule has 1 N–H and O–H groups in total. The summed E-state index contributed by atoms with van der Waals surface area (Å²) in [5.41, 5.74) is 1.50. The maximum atomic E-state index is 12.4. The van der Waals surface area contributed by atoms with Gasteiger partial charge >= 0.3 is 0 Å². The number of fused-ring (bicyclic) bond motifs is 1. The van der Waals surface area contributed by atoms with Crippen LogP contribution in [0.25, 0.3) is 10.9 Å². The van der Waals surface area contributed by atoms with Crippen molar-refractivity contribution in [1.82, 2.24) is 14.9 Å². The number of aryl methyl sites for hydroxylation is 1. The second-order valence-corrected chi connectivity index (χ2v) is 6.36. The lowest BCUT2D eigenvalue weighted by Crippen LogP contribution is -2.26. The van der Waals surface area contributed by atoms with Crippen molar-refractivity contribution < 1.29 is 9.53 Å². The number of nitrogens with one attached hydrogen (secondary N) is 1. The van der Waals surface area contributed by atoms with Crippen molar-refractivity contribution >= 4 is 16.8 Å². The van der Waals surface area contributed by atoms with E-state index in [0.29, 0.717) is 36.3 Å². The molecule has 0 aliphatic rings. The maximum Gasteiger partial charge on any atom is 0.258 e. The van der Waals surface area contributed by atoms with Gasteiger partial charge < -0.3 is 14.6 Å². The summed E-state index contributed by atoms with van der Waals surface area (Å²) in [4.78, 5) is 33.4. The van der Waals surface area contributed by atoms with Crippen LogP contribution < -0.4 is 10.3 Å². The fraction of sp³-hybridized carbons (Fsp3) is 0.286. The molecule has 0 bridgehead atoms. The van der Waals surface area contributed by atoms with Crippen LogP contribution in [-0.4, -0.2) is 34.4 Å². The van der Waals surface area contributed by atoms with Gasteiger partial charge in [-0.2, -0.15) is 0 Å². The van der Waals surface area contributed by atoms with Gasteiger partial charge in [0.15, 0.2) is 0 Å². The number of carbonyl (C=O) groups excluding carboxylic acids is 1. The van der Waals surface area contributed by atoms with Crippen LogP contribution in [0, 0.1) is 0 Å². The van der Waals surface area contributed by atoms with Gasteiger partial charge in [0.2, 0.25) is 5.91 Å². The summed E-state index contributed by atoms with van der Waals surface area (Å²) in [7, 11) is 1.77. The highest BCUT2D eigenvalue weighted by atomic mass is 16.5. The molecule has 1 amide bonds. The largest absolute Gasteiger partial charge is 0.494 e. The predicted octanol–water partition coefficient (Wildman–Crippen LogP) is 2.91. The third kappa shape index (κ3) is 4.73. The molecule has 6 nitrogen and oxygen atoms in total. The van der Waals surface area contributed by atoms with E-state index in [4.69, 9.17) is 4.74 Å². The van der Waals surface area contributed by atoms with Gasteiger partial charge in [0, 0.05) is 26.4 Å². The fourth-order valence-electron chi connectivity index (χ4n) is 2.89. The Morgan fingerprint density at radius 1 is 1.15 bits per heavy atom. The number of rotatable bonds is 7. The minimum absolute atomic E-state index is 0.000285. The molecule has 27 heavy (non-hydrogen) atoms. The average Bonchev–Trinajstić information content (AvgIpc) is 2.68. The SMILES string of the molecule is CCOc1ccc(CN(C)C(=O)CCc2nc3ccccc3c(=O)[nH]2)cc1. The van der Waals surface area contributed by atoms with Crippen molar-refractivity contribution in [2.24, 2.45) is 0 Å². The van der Waals surface area contributed by atoms with E-state index in [-0.39, 0.29) is 17.9 Å². The van der Waals surface area contributed by atoms with E-state index in [0.717, 1.165) is 11.3 Å². The fourth-order valence-corrected chi connectivity index (χ4v) is 2.89. The second kappa shape index (κ2) is 8.49. The lowest BCUT2D eigenvalue weighted by Gasteiger charge is -2.17. The number of ether oxygens (including phenoxy) is 1. The average molecular weight is 365 g/mol. The molecule has 0 fully saturated rings. The molecule has 1 aromatic heterocycles. The molecule has 0 saturated heterocycles. The normalized spacial score (nSPS) is 10.7. The molecule has 0 aliphatic carbocycles. The highest BCUT2D eigenvalue weighted by Crippen LogP contribution is 2.14. The van der Waals surface area contributed by atoms with Crippen molar-refractivity contribution in [2.45, 2.75) is 26.3 Å². The van der Waals surface area contributed by atoms with Crippen LogP contribution in [0.4, 0.5) is 0 Å². The number of hydrogen-bond donors (Lipinski definition) is 1. The molecule has 0 radical (unpaired) electrons. The van der Waals surface area contributed by atoms with E-state index in [2.05, 4.69) is 9.97 Å². The number of aromatic amines is 1. The van der Waals surface area contributed by atoms with Crippen LogP contribution in [-0.2, 0) is 17.8 Å². The highest BCUT2D eigenvalue weighted by Gasteiger charge is 2.11. The molecule has 0 aliphatic heterocycles. The molecular formula is C21H23N3O3. The summed E-state index contributed by atoms with van der Waals surface area (Å²) in [6.45, 7) is 3.09. The molecule has 140 valence electrons. The number of aromatic nitrogens is 2. The Hall–Kier alpha value is -3.15. The van der Waals surface area contributed by atoms with Gasteiger partial charge in [0.25, 0.3) is 5.56 Å². The van der Waals surface area contributed by atoms with E-state index in [9.17, 15) is 9.59 Å². The van der Waals surface area contributed by atoms with Crippen LogP contribution >= 0.6 is 0 Å². The van der Waals surface area contributed by atoms with Crippen LogP contribution in [0.3, 0.4) is 0 Å². The monoisotopic (exact) mass is 365 g/mol. The number of amides is 1. The van der Waals surface area contributed by atoms with Gasteiger partial charge in [-0.1, -0.05) is 24.3 Å². The number of carbonyl (C=O) groups is 1. The number of nitrogens with zero attached hydrogens (tertiary/aromatic N) is 2. The Morgan fingerprint density at radius 3 is 2.63 bits per heavy atom. The molecule has 2 aromatic carbocycles. The zero-order chi connectivity index (χ0) is 19.2.